The van der Waals surface area contributed by atoms with E-state index in [0.717, 1.165) is 11.1 Å². The maximum Gasteiger partial charge on any atom is 0.0991 e. The number of nitriles is 1. The molecule has 0 atom stereocenters. The number of hydrogen-bond donors (Lipinski definition) is 0. The Morgan fingerprint density at radius 3 is 2.46 bits per heavy atom. The minimum absolute atomic E-state index is 0.690. The van der Waals surface area contributed by atoms with Crippen LogP contribution >= 0.6 is 0 Å². The molecule has 0 heterocycles. The average molecular weight is 169 g/mol. The van der Waals surface area contributed by atoms with Crippen molar-refractivity contribution in [1.82, 2.24) is 0 Å². The van der Waals surface area contributed by atoms with E-state index >= 15 is 0 Å². The normalized spacial score (nSPS) is 10.6. The van der Waals surface area contributed by atoms with Gasteiger partial charge in [-0.05, 0) is 30.2 Å². The lowest BCUT2D eigenvalue weighted by molar-refractivity contribution is 1.47. The van der Waals surface area contributed by atoms with Gasteiger partial charge in [-0.25, -0.2) is 0 Å². The van der Waals surface area contributed by atoms with Gasteiger partial charge in [0.1, 0.15) is 0 Å². The molecule has 0 N–H and O–H groups in total. The van der Waals surface area contributed by atoms with Crippen LogP contribution in [0.15, 0.2) is 43.0 Å². The summed E-state index contributed by atoms with van der Waals surface area (Å²) in [6.45, 7) is 5.65. The highest BCUT2D eigenvalue weighted by Crippen LogP contribution is 2.13. The highest BCUT2D eigenvalue weighted by Gasteiger charge is 1.94. The Hall–Kier alpha value is -1.81. The molecule has 0 unspecified atom stereocenters. The second kappa shape index (κ2) is 4.27. The molecule has 64 valence electrons. The predicted molar refractivity (Wildman–Crippen MR) is 55.0 cm³/mol. The van der Waals surface area contributed by atoms with E-state index in [2.05, 4.69) is 12.6 Å². The number of benzene rings is 1. The highest BCUT2D eigenvalue weighted by atomic mass is 14.2. The first kappa shape index (κ1) is 9.28. The Balaban J connectivity index is 3.00. The van der Waals surface area contributed by atoms with Crippen LogP contribution in [0.1, 0.15) is 18.1 Å². The Bertz CT molecular complexity index is 363. The molecule has 0 aliphatic carbocycles. The van der Waals surface area contributed by atoms with Crippen LogP contribution in [-0.2, 0) is 0 Å². The third-order valence-corrected chi connectivity index (χ3v) is 1.84. The molecule has 0 saturated heterocycles. The molecule has 0 fully saturated rings. The molecule has 1 nitrogen and oxygen atoms in total. The second-order valence-electron chi connectivity index (χ2n) is 2.77. The lowest BCUT2D eigenvalue weighted by Crippen LogP contribution is -1.79. The largest absolute Gasteiger partial charge is 0.192 e. The molecule has 0 aliphatic rings. The highest BCUT2D eigenvalue weighted by molar-refractivity contribution is 5.65. The zero-order valence-corrected chi connectivity index (χ0v) is 7.62. The Kier molecular flexibility index (Phi) is 3.05. The van der Waals surface area contributed by atoms with Crippen molar-refractivity contribution in [3.05, 3.63) is 54.1 Å². The van der Waals surface area contributed by atoms with E-state index in [-0.39, 0.29) is 0 Å². The first-order valence-electron chi connectivity index (χ1n) is 4.08. The summed E-state index contributed by atoms with van der Waals surface area (Å²) >= 11 is 0. The molecule has 0 bridgehead atoms. The van der Waals surface area contributed by atoms with E-state index in [1.54, 1.807) is 6.08 Å². The Morgan fingerprint density at radius 2 is 2.00 bits per heavy atom. The third kappa shape index (κ3) is 2.31. The Morgan fingerprint density at radius 1 is 1.38 bits per heavy atom. The summed E-state index contributed by atoms with van der Waals surface area (Å²) in [5.41, 5.74) is 2.97. The molecular weight excluding hydrogens is 158 g/mol. The zero-order chi connectivity index (χ0) is 9.68. The molecule has 0 aliphatic heterocycles. The molecule has 1 rings (SSSR count). The van der Waals surface area contributed by atoms with Gasteiger partial charge in [-0.15, -0.1) is 0 Å². The van der Waals surface area contributed by atoms with Gasteiger partial charge in [0, 0.05) is 0 Å². The number of nitrogens with zero attached hydrogens (tertiary/aromatic N) is 1. The van der Waals surface area contributed by atoms with Crippen LogP contribution in [0.3, 0.4) is 0 Å². The fourth-order valence-electron chi connectivity index (χ4n) is 1.08. The summed E-state index contributed by atoms with van der Waals surface area (Å²) in [7, 11) is 0. The minimum atomic E-state index is 0.690. The molecule has 13 heavy (non-hydrogen) atoms. The second-order valence-corrected chi connectivity index (χ2v) is 2.77. The lowest BCUT2D eigenvalue weighted by atomic mass is 10.1. The molecule has 0 aromatic heterocycles. The third-order valence-electron chi connectivity index (χ3n) is 1.84. The van der Waals surface area contributed by atoms with Crippen molar-refractivity contribution in [2.75, 3.05) is 0 Å². The zero-order valence-electron chi connectivity index (χ0n) is 7.62. The predicted octanol–water partition coefficient (Wildman–Crippen LogP) is 3.15. The smallest absolute Gasteiger partial charge is 0.0991 e. The molecule has 0 spiro atoms. The quantitative estimate of drug-likeness (QED) is 0.624. The summed E-state index contributed by atoms with van der Waals surface area (Å²) in [4.78, 5) is 0. The van der Waals surface area contributed by atoms with Crippen LogP contribution < -0.4 is 0 Å². The molecular formula is C12H11N. The summed E-state index contributed by atoms with van der Waals surface area (Å²) < 4.78 is 0. The van der Waals surface area contributed by atoms with E-state index in [4.69, 9.17) is 5.26 Å². The maximum absolute atomic E-state index is 8.59. The number of hydrogen-bond acceptors (Lipinski definition) is 1. The fourth-order valence-corrected chi connectivity index (χ4v) is 1.08. The Labute approximate surface area is 78.6 Å². The van der Waals surface area contributed by atoms with E-state index < -0.39 is 0 Å². The topological polar surface area (TPSA) is 23.8 Å². The van der Waals surface area contributed by atoms with Gasteiger partial charge in [-0.2, -0.15) is 5.26 Å². The molecule has 1 aromatic rings. The summed E-state index contributed by atoms with van der Waals surface area (Å²) in [6, 6.07) is 9.59. The van der Waals surface area contributed by atoms with Crippen molar-refractivity contribution in [2.45, 2.75) is 6.92 Å². The first-order chi connectivity index (χ1) is 6.27. The summed E-state index contributed by atoms with van der Waals surface area (Å²) in [5.74, 6) is 0. The monoisotopic (exact) mass is 169 g/mol. The number of allylic oxidation sites excluding steroid dienone is 3. The first-order valence-corrected chi connectivity index (χ1v) is 4.08. The minimum Gasteiger partial charge on any atom is -0.192 e. The van der Waals surface area contributed by atoms with Gasteiger partial charge >= 0.3 is 0 Å². The summed E-state index contributed by atoms with van der Waals surface area (Å²) in [5, 5.41) is 8.59. The van der Waals surface area contributed by atoms with Crippen LogP contribution in [0, 0.1) is 11.3 Å². The van der Waals surface area contributed by atoms with Crippen LogP contribution in [0.25, 0.3) is 5.57 Å². The lowest BCUT2D eigenvalue weighted by Gasteiger charge is -1.99. The molecule has 0 radical (unpaired) electrons. The van der Waals surface area contributed by atoms with Gasteiger partial charge in [-0.3, -0.25) is 0 Å². The van der Waals surface area contributed by atoms with Gasteiger partial charge in [0.15, 0.2) is 0 Å². The van der Waals surface area contributed by atoms with Gasteiger partial charge in [0.2, 0.25) is 0 Å². The van der Waals surface area contributed by atoms with Crippen molar-refractivity contribution >= 4 is 5.57 Å². The maximum atomic E-state index is 8.59. The molecule has 1 heteroatoms. The van der Waals surface area contributed by atoms with Crippen molar-refractivity contribution in [3.8, 4) is 6.07 Å². The van der Waals surface area contributed by atoms with Gasteiger partial charge in [0.25, 0.3) is 0 Å². The van der Waals surface area contributed by atoms with Gasteiger partial charge in [0.05, 0.1) is 11.6 Å². The molecule has 1 aromatic carbocycles. The van der Waals surface area contributed by atoms with Crippen molar-refractivity contribution in [1.29, 1.82) is 5.26 Å². The van der Waals surface area contributed by atoms with Crippen LogP contribution in [0.2, 0.25) is 0 Å². The SMILES string of the molecule is C=C/C=C(\C)c1ccc(C#N)cc1. The van der Waals surface area contributed by atoms with E-state index in [9.17, 15) is 0 Å². The van der Waals surface area contributed by atoms with Crippen LogP contribution in [0.5, 0.6) is 0 Å². The molecule has 0 amide bonds. The van der Waals surface area contributed by atoms with Crippen LogP contribution in [0.4, 0.5) is 0 Å². The average Bonchev–Trinajstić information content (AvgIpc) is 2.18. The van der Waals surface area contributed by atoms with Gasteiger partial charge < -0.3 is 0 Å². The molecule has 0 saturated carbocycles. The summed E-state index contributed by atoms with van der Waals surface area (Å²) in [6.07, 6.45) is 3.70. The standard InChI is InChI=1S/C12H11N/c1-3-4-10(2)12-7-5-11(9-13)6-8-12/h3-8H,1H2,2H3/b10-4+. The van der Waals surface area contributed by atoms with Crippen molar-refractivity contribution in [3.63, 3.8) is 0 Å². The van der Waals surface area contributed by atoms with E-state index in [1.165, 1.54) is 0 Å². The van der Waals surface area contributed by atoms with E-state index in [1.807, 2.05) is 37.3 Å². The van der Waals surface area contributed by atoms with Gasteiger partial charge in [-0.1, -0.05) is 30.9 Å². The van der Waals surface area contributed by atoms with Crippen molar-refractivity contribution < 1.29 is 0 Å². The number of rotatable bonds is 2. The van der Waals surface area contributed by atoms with Crippen molar-refractivity contribution in [2.24, 2.45) is 0 Å². The fraction of sp³-hybridized carbons (Fsp3) is 0.0833. The van der Waals surface area contributed by atoms with Crippen LogP contribution in [-0.4, -0.2) is 0 Å². The van der Waals surface area contributed by atoms with E-state index in [0.29, 0.717) is 5.56 Å².